The Morgan fingerprint density at radius 2 is 1.81 bits per heavy atom. The van der Waals surface area contributed by atoms with Gasteiger partial charge in [-0.3, -0.25) is 9.69 Å². The van der Waals surface area contributed by atoms with E-state index in [1.807, 2.05) is 48.5 Å². The Balaban J connectivity index is 1.61. The molecule has 0 saturated carbocycles. The van der Waals surface area contributed by atoms with Crippen LogP contribution in [0.15, 0.2) is 64.4 Å². The van der Waals surface area contributed by atoms with Crippen LogP contribution in [0.1, 0.15) is 12.8 Å². The summed E-state index contributed by atoms with van der Waals surface area (Å²) >= 11 is 1.53. The van der Waals surface area contributed by atoms with Crippen molar-refractivity contribution in [3.63, 3.8) is 0 Å². The highest BCUT2D eigenvalue weighted by Gasteiger charge is 2.41. The number of likely N-dealkylation sites (tertiary alicyclic amines) is 1. The van der Waals surface area contributed by atoms with E-state index < -0.39 is 12.1 Å². The van der Waals surface area contributed by atoms with Gasteiger partial charge in [-0.2, -0.15) is 13.2 Å². The molecule has 1 aliphatic heterocycles. The summed E-state index contributed by atoms with van der Waals surface area (Å²) in [7, 11) is 0. The molecule has 1 saturated heterocycles. The van der Waals surface area contributed by atoms with Crippen molar-refractivity contribution in [1.29, 1.82) is 0 Å². The zero-order valence-corrected chi connectivity index (χ0v) is 15.5. The first-order valence-electron chi connectivity index (χ1n) is 8.82. The molecule has 1 N–H and O–H groups in total. The molecule has 1 amide bonds. The van der Waals surface area contributed by atoms with Gasteiger partial charge in [-0.15, -0.1) is 0 Å². The average Bonchev–Trinajstić information content (AvgIpc) is 2.64. The molecule has 0 unspecified atom stereocenters. The Labute approximate surface area is 160 Å². The molecule has 2 aromatic carbocycles. The number of halogens is 3. The second-order valence-electron chi connectivity index (χ2n) is 6.58. The van der Waals surface area contributed by atoms with Gasteiger partial charge >= 0.3 is 6.18 Å². The summed E-state index contributed by atoms with van der Waals surface area (Å²) in [6, 6.07) is 17.2. The smallest absolute Gasteiger partial charge is 0.324 e. The van der Waals surface area contributed by atoms with E-state index in [9.17, 15) is 18.0 Å². The van der Waals surface area contributed by atoms with Gasteiger partial charge < -0.3 is 5.32 Å². The van der Waals surface area contributed by atoms with E-state index in [4.69, 9.17) is 0 Å². The van der Waals surface area contributed by atoms with Gasteiger partial charge in [0.15, 0.2) is 0 Å². The summed E-state index contributed by atoms with van der Waals surface area (Å²) in [5.74, 6) is -1.64. The fourth-order valence-corrected chi connectivity index (χ4v) is 4.06. The third kappa shape index (κ3) is 5.74. The van der Waals surface area contributed by atoms with E-state index in [-0.39, 0.29) is 25.4 Å². The van der Waals surface area contributed by atoms with E-state index in [2.05, 4.69) is 5.32 Å². The van der Waals surface area contributed by atoms with Crippen molar-refractivity contribution < 1.29 is 18.0 Å². The molecule has 0 aromatic heterocycles. The second kappa shape index (κ2) is 8.80. The lowest BCUT2D eigenvalue weighted by Gasteiger charge is -2.33. The maximum atomic E-state index is 12.9. The Bertz CT molecular complexity index is 767. The molecule has 1 aliphatic rings. The first-order chi connectivity index (χ1) is 12.9. The van der Waals surface area contributed by atoms with Gasteiger partial charge in [0, 0.05) is 16.3 Å². The maximum Gasteiger partial charge on any atom is 0.393 e. The molecule has 0 bridgehead atoms. The lowest BCUT2D eigenvalue weighted by atomic mass is 9.97. The molecule has 0 spiro atoms. The van der Waals surface area contributed by atoms with Crippen LogP contribution in [0, 0.1) is 5.92 Å². The van der Waals surface area contributed by atoms with Crippen molar-refractivity contribution >= 4 is 23.4 Å². The van der Waals surface area contributed by atoms with Crippen LogP contribution >= 0.6 is 11.8 Å². The maximum absolute atomic E-state index is 12.9. The lowest BCUT2D eigenvalue weighted by Crippen LogP contribution is -2.44. The number of para-hydroxylation sites is 1. The third-order valence-electron chi connectivity index (χ3n) is 4.47. The number of hydrogen-bond acceptors (Lipinski definition) is 3. The number of rotatable bonds is 5. The van der Waals surface area contributed by atoms with E-state index in [1.165, 1.54) is 11.8 Å². The molecule has 7 heteroatoms. The Hall–Kier alpha value is -1.99. The van der Waals surface area contributed by atoms with E-state index in [1.54, 1.807) is 11.0 Å². The first kappa shape index (κ1) is 19.8. The minimum Gasteiger partial charge on any atom is -0.324 e. The molecule has 3 rings (SSSR count). The Kier molecular flexibility index (Phi) is 6.44. The molecule has 1 heterocycles. The van der Waals surface area contributed by atoms with Crippen molar-refractivity contribution in [3.8, 4) is 0 Å². The molecular formula is C20H21F3N2OS. The van der Waals surface area contributed by atoms with Gasteiger partial charge in [-0.1, -0.05) is 42.1 Å². The molecule has 1 fully saturated rings. The molecule has 0 radical (unpaired) electrons. The van der Waals surface area contributed by atoms with Crippen LogP contribution in [-0.4, -0.2) is 36.6 Å². The predicted molar refractivity (Wildman–Crippen MR) is 101 cm³/mol. The highest BCUT2D eigenvalue weighted by molar-refractivity contribution is 7.99. The number of nitrogens with zero attached hydrogens (tertiary/aromatic N) is 1. The van der Waals surface area contributed by atoms with Crippen LogP contribution < -0.4 is 5.32 Å². The molecule has 1 atom stereocenters. The quantitative estimate of drug-likeness (QED) is 0.770. The normalized spacial score (nSPS) is 18.3. The zero-order chi connectivity index (χ0) is 19.3. The zero-order valence-electron chi connectivity index (χ0n) is 14.7. The van der Waals surface area contributed by atoms with Crippen LogP contribution in [0.5, 0.6) is 0 Å². The van der Waals surface area contributed by atoms with E-state index >= 15 is 0 Å². The molecule has 0 aliphatic carbocycles. The van der Waals surface area contributed by atoms with Crippen molar-refractivity contribution in [1.82, 2.24) is 4.90 Å². The topological polar surface area (TPSA) is 32.3 Å². The minimum absolute atomic E-state index is 0.0308. The number of carbonyl (C=O) groups is 1. The van der Waals surface area contributed by atoms with Crippen LogP contribution in [-0.2, 0) is 4.79 Å². The number of alkyl halides is 3. The van der Waals surface area contributed by atoms with Gasteiger partial charge in [0.25, 0.3) is 0 Å². The number of carbonyl (C=O) groups excluding carboxylic acids is 1. The van der Waals surface area contributed by atoms with Gasteiger partial charge in [0.05, 0.1) is 18.2 Å². The van der Waals surface area contributed by atoms with Crippen molar-refractivity contribution in [2.24, 2.45) is 5.92 Å². The Morgan fingerprint density at radius 1 is 1.11 bits per heavy atom. The molecule has 27 heavy (non-hydrogen) atoms. The van der Waals surface area contributed by atoms with Crippen LogP contribution in [0.3, 0.4) is 0 Å². The monoisotopic (exact) mass is 394 g/mol. The largest absolute Gasteiger partial charge is 0.393 e. The number of anilines is 1. The Morgan fingerprint density at radius 3 is 2.56 bits per heavy atom. The fourth-order valence-electron chi connectivity index (χ4n) is 3.13. The second-order valence-corrected chi connectivity index (χ2v) is 7.69. The van der Waals surface area contributed by atoms with E-state index in [0.717, 1.165) is 9.79 Å². The summed E-state index contributed by atoms with van der Waals surface area (Å²) in [5.41, 5.74) is 0.667. The van der Waals surface area contributed by atoms with Crippen LogP contribution in [0.25, 0.3) is 0 Å². The molecule has 144 valence electrons. The molecule has 2 aromatic rings. The average molecular weight is 394 g/mol. The summed E-state index contributed by atoms with van der Waals surface area (Å²) in [6.07, 6.45) is -3.61. The number of benzene rings is 2. The standard InChI is InChI=1S/C20H21F3N2OS/c21-20(22,23)15-7-6-12-25(13-15)14-19(26)24-17-10-4-5-11-18(17)27-16-8-2-1-3-9-16/h1-5,8-11,15H,6-7,12-14H2,(H,24,26)/t15-/m1/s1. The van der Waals surface area contributed by atoms with Crippen molar-refractivity contribution in [3.05, 3.63) is 54.6 Å². The fraction of sp³-hybridized carbons (Fsp3) is 0.350. The lowest BCUT2D eigenvalue weighted by molar-refractivity contribution is -0.186. The number of piperidine rings is 1. The highest BCUT2D eigenvalue weighted by atomic mass is 32.2. The van der Waals surface area contributed by atoms with Gasteiger partial charge in [-0.05, 0) is 43.7 Å². The summed E-state index contributed by atoms with van der Waals surface area (Å²) in [4.78, 5) is 15.9. The van der Waals surface area contributed by atoms with E-state index in [0.29, 0.717) is 18.7 Å². The first-order valence-corrected chi connectivity index (χ1v) is 9.64. The predicted octanol–water partition coefficient (Wildman–Crippen LogP) is 5.05. The minimum atomic E-state index is -4.20. The number of nitrogens with one attached hydrogen (secondary N) is 1. The summed E-state index contributed by atoms with van der Waals surface area (Å²) in [6.45, 7) is 0.370. The van der Waals surface area contributed by atoms with Crippen LogP contribution in [0.2, 0.25) is 0 Å². The van der Waals surface area contributed by atoms with Crippen molar-refractivity contribution in [2.75, 3.05) is 25.0 Å². The molecular weight excluding hydrogens is 373 g/mol. The highest BCUT2D eigenvalue weighted by Crippen LogP contribution is 2.34. The summed E-state index contributed by atoms with van der Waals surface area (Å²) in [5, 5.41) is 2.85. The number of amides is 1. The van der Waals surface area contributed by atoms with Gasteiger partial charge in [0.2, 0.25) is 5.91 Å². The third-order valence-corrected chi connectivity index (χ3v) is 5.55. The van der Waals surface area contributed by atoms with Crippen molar-refractivity contribution in [2.45, 2.75) is 28.8 Å². The number of hydrogen-bond donors (Lipinski definition) is 1. The SMILES string of the molecule is O=C(CN1CCC[C@@H](C(F)(F)F)C1)Nc1ccccc1Sc1ccccc1. The van der Waals surface area contributed by atoms with Crippen LogP contribution in [0.4, 0.5) is 18.9 Å². The van der Waals surface area contributed by atoms with Gasteiger partial charge in [0.1, 0.15) is 0 Å². The molecule has 3 nitrogen and oxygen atoms in total. The summed E-state index contributed by atoms with van der Waals surface area (Å²) < 4.78 is 38.8. The van der Waals surface area contributed by atoms with Gasteiger partial charge in [-0.25, -0.2) is 0 Å².